The van der Waals surface area contributed by atoms with Crippen molar-refractivity contribution in [3.8, 4) is 11.5 Å². The standard InChI is InChI=1S/C17H15N5OS/c1-11-5-6-13-14(8-11)24-10-16(23)22(13)9-15-19-17(21-20-15)12-4-2-3-7-18-12/h2-8H,9-10H2,1H3,(H,19,20,21). The Labute approximate surface area is 143 Å². The molecule has 1 aliphatic rings. The first-order chi connectivity index (χ1) is 11.7. The molecule has 6 nitrogen and oxygen atoms in total. The van der Waals surface area contributed by atoms with Crippen molar-refractivity contribution >= 4 is 23.4 Å². The van der Waals surface area contributed by atoms with Crippen LogP contribution in [0.15, 0.2) is 47.5 Å². The number of aromatic amines is 1. The Kier molecular flexibility index (Phi) is 3.78. The molecule has 2 aromatic heterocycles. The molecule has 1 aliphatic heterocycles. The minimum atomic E-state index is 0.0761. The molecule has 0 radical (unpaired) electrons. The van der Waals surface area contributed by atoms with E-state index in [1.165, 1.54) is 5.56 Å². The summed E-state index contributed by atoms with van der Waals surface area (Å²) in [7, 11) is 0. The van der Waals surface area contributed by atoms with Gasteiger partial charge in [-0.15, -0.1) is 11.8 Å². The highest BCUT2D eigenvalue weighted by Gasteiger charge is 2.26. The van der Waals surface area contributed by atoms with Crippen LogP contribution in [0.5, 0.6) is 0 Å². The highest BCUT2D eigenvalue weighted by atomic mass is 32.2. The summed E-state index contributed by atoms with van der Waals surface area (Å²) in [5.41, 5.74) is 2.82. The number of carbonyl (C=O) groups is 1. The number of benzene rings is 1. The second-order valence-corrected chi connectivity index (χ2v) is 6.58. The van der Waals surface area contributed by atoms with Gasteiger partial charge in [-0.3, -0.25) is 14.9 Å². The lowest BCUT2D eigenvalue weighted by molar-refractivity contribution is -0.116. The summed E-state index contributed by atoms with van der Waals surface area (Å²) in [5, 5.41) is 7.12. The Bertz CT molecular complexity index is 893. The highest BCUT2D eigenvalue weighted by Crippen LogP contribution is 2.36. The first-order valence-corrected chi connectivity index (χ1v) is 8.56. The Morgan fingerprint density at radius 1 is 1.29 bits per heavy atom. The average molecular weight is 337 g/mol. The minimum absolute atomic E-state index is 0.0761. The van der Waals surface area contributed by atoms with Gasteiger partial charge in [0, 0.05) is 11.1 Å². The maximum Gasteiger partial charge on any atom is 0.237 e. The Balaban J connectivity index is 1.62. The largest absolute Gasteiger partial charge is 0.303 e. The third-order valence-electron chi connectivity index (χ3n) is 3.79. The van der Waals surface area contributed by atoms with Gasteiger partial charge >= 0.3 is 0 Å². The quantitative estimate of drug-likeness (QED) is 0.795. The van der Waals surface area contributed by atoms with Gasteiger partial charge in [0.2, 0.25) is 5.91 Å². The van der Waals surface area contributed by atoms with Crippen molar-refractivity contribution in [1.82, 2.24) is 20.2 Å². The number of amides is 1. The summed E-state index contributed by atoms with van der Waals surface area (Å²) < 4.78 is 0. The second-order valence-electron chi connectivity index (χ2n) is 5.56. The molecule has 0 bridgehead atoms. The molecule has 0 unspecified atom stereocenters. The molecular weight excluding hydrogens is 322 g/mol. The van der Waals surface area contributed by atoms with Crippen LogP contribution in [0.2, 0.25) is 0 Å². The number of fused-ring (bicyclic) bond motifs is 1. The zero-order valence-electron chi connectivity index (χ0n) is 13.1. The van der Waals surface area contributed by atoms with Crippen LogP contribution < -0.4 is 4.90 Å². The highest BCUT2D eigenvalue weighted by molar-refractivity contribution is 8.00. The fourth-order valence-electron chi connectivity index (χ4n) is 2.61. The minimum Gasteiger partial charge on any atom is -0.303 e. The van der Waals surface area contributed by atoms with Gasteiger partial charge in [-0.2, -0.15) is 5.10 Å². The number of aromatic nitrogens is 4. The summed E-state index contributed by atoms with van der Waals surface area (Å²) in [6.07, 6.45) is 1.70. The number of hydrogen-bond donors (Lipinski definition) is 1. The maximum atomic E-state index is 12.4. The summed E-state index contributed by atoms with van der Waals surface area (Å²) in [4.78, 5) is 23.9. The van der Waals surface area contributed by atoms with Crippen molar-refractivity contribution in [2.24, 2.45) is 0 Å². The number of anilines is 1. The van der Waals surface area contributed by atoms with Gasteiger partial charge in [0.15, 0.2) is 5.82 Å². The Morgan fingerprint density at radius 3 is 3.04 bits per heavy atom. The van der Waals surface area contributed by atoms with Crippen molar-refractivity contribution in [1.29, 1.82) is 0 Å². The smallest absolute Gasteiger partial charge is 0.237 e. The SMILES string of the molecule is Cc1ccc2c(c1)SCC(=O)N2Cc1nc(-c2ccccn2)n[nH]1. The number of carbonyl (C=O) groups excluding carboxylic acids is 1. The van der Waals surface area contributed by atoms with Crippen molar-refractivity contribution in [2.45, 2.75) is 18.4 Å². The molecule has 0 saturated carbocycles. The molecule has 0 atom stereocenters. The van der Waals surface area contributed by atoms with Crippen LogP contribution in [-0.2, 0) is 11.3 Å². The summed E-state index contributed by atoms with van der Waals surface area (Å²) in [6, 6.07) is 11.7. The van der Waals surface area contributed by atoms with Crippen LogP contribution in [0.4, 0.5) is 5.69 Å². The number of nitrogens with zero attached hydrogens (tertiary/aromatic N) is 4. The van der Waals surface area contributed by atoms with E-state index in [2.05, 4.69) is 33.2 Å². The molecule has 0 spiro atoms. The molecule has 24 heavy (non-hydrogen) atoms. The maximum absolute atomic E-state index is 12.4. The summed E-state index contributed by atoms with van der Waals surface area (Å²) in [6.45, 7) is 2.42. The van der Waals surface area contributed by atoms with E-state index in [1.807, 2.05) is 30.3 Å². The van der Waals surface area contributed by atoms with Crippen molar-refractivity contribution in [3.05, 3.63) is 54.0 Å². The molecule has 7 heteroatoms. The predicted octanol–water partition coefficient (Wildman–Crippen LogP) is 2.81. The van der Waals surface area contributed by atoms with Gasteiger partial charge in [0.1, 0.15) is 11.5 Å². The number of nitrogens with one attached hydrogen (secondary N) is 1. The van der Waals surface area contributed by atoms with Gasteiger partial charge in [0.25, 0.3) is 0 Å². The molecule has 1 amide bonds. The number of hydrogen-bond acceptors (Lipinski definition) is 5. The van der Waals surface area contributed by atoms with E-state index in [0.717, 1.165) is 10.6 Å². The molecule has 4 rings (SSSR count). The lowest BCUT2D eigenvalue weighted by Gasteiger charge is -2.28. The monoisotopic (exact) mass is 337 g/mol. The number of H-pyrrole nitrogens is 1. The molecular formula is C17H15N5OS. The topological polar surface area (TPSA) is 74.8 Å². The molecule has 0 aliphatic carbocycles. The average Bonchev–Trinajstić information content (AvgIpc) is 3.07. The molecule has 1 aromatic carbocycles. The second kappa shape index (κ2) is 6.09. The van der Waals surface area contributed by atoms with Gasteiger partial charge < -0.3 is 4.90 Å². The number of rotatable bonds is 3. The van der Waals surface area contributed by atoms with Crippen LogP contribution in [0.25, 0.3) is 11.5 Å². The van der Waals surface area contributed by atoms with Crippen LogP contribution in [0.1, 0.15) is 11.4 Å². The van der Waals surface area contributed by atoms with E-state index in [0.29, 0.717) is 29.6 Å². The fourth-order valence-corrected chi connectivity index (χ4v) is 3.64. The molecule has 3 aromatic rings. The number of pyridine rings is 1. The van der Waals surface area contributed by atoms with Gasteiger partial charge in [-0.05, 0) is 36.8 Å². The third-order valence-corrected chi connectivity index (χ3v) is 4.82. The Morgan fingerprint density at radius 2 is 2.21 bits per heavy atom. The van der Waals surface area contributed by atoms with Crippen LogP contribution >= 0.6 is 11.8 Å². The zero-order chi connectivity index (χ0) is 16.5. The number of aryl methyl sites for hydroxylation is 1. The third kappa shape index (κ3) is 2.78. The van der Waals surface area contributed by atoms with Gasteiger partial charge in [-0.25, -0.2) is 4.98 Å². The molecule has 0 fully saturated rings. The summed E-state index contributed by atoms with van der Waals surface area (Å²) in [5.74, 6) is 1.70. The van der Waals surface area contributed by atoms with Crippen LogP contribution in [0.3, 0.4) is 0 Å². The normalized spacial score (nSPS) is 13.9. The first-order valence-electron chi connectivity index (χ1n) is 7.57. The molecule has 120 valence electrons. The number of thioether (sulfide) groups is 1. The lowest BCUT2D eigenvalue weighted by atomic mass is 10.2. The lowest BCUT2D eigenvalue weighted by Crippen LogP contribution is -2.35. The van der Waals surface area contributed by atoms with Crippen LogP contribution in [0, 0.1) is 6.92 Å². The van der Waals surface area contributed by atoms with Gasteiger partial charge in [0.05, 0.1) is 18.0 Å². The van der Waals surface area contributed by atoms with E-state index >= 15 is 0 Å². The molecule has 3 heterocycles. The Hall–Kier alpha value is -2.67. The van der Waals surface area contributed by atoms with E-state index in [1.54, 1.807) is 22.9 Å². The van der Waals surface area contributed by atoms with Gasteiger partial charge in [-0.1, -0.05) is 12.1 Å². The van der Waals surface area contributed by atoms with Crippen molar-refractivity contribution in [3.63, 3.8) is 0 Å². The van der Waals surface area contributed by atoms with Crippen molar-refractivity contribution < 1.29 is 4.79 Å². The van der Waals surface area contributed by atoms with E-state index < -0.39 is 0 Å². The zero-order valence-corrected chi connectivity index (χ0v) is 13.9. The van der Waals surface area contributed by atoms with E-state index in [9.17, 15) is 4.79 Å². The van der Waals surface area contributed by atoms with E-state index in [4.69, 9.17) is 0 Å². The first kappa shape index (κ1) is 14.9. The van der Waals surface area contributed by atoms with Crippen molar-refractivity contribution in [2.75, 3.05) is 10.7 Å². The molecule has 0 saturated heterocycles. The molecule has 1 N–H and O–H groups in total. The summed E-state index contributed by atoms with van der Waals surface area (Å²) >= 11 is 1.58. The predicted molar refractivity (Wildman–Crippen MR) is 92.7 cm³/mol. The van der Waals surface area contributed by atoms with Crippen LogP contribution in [-0.4, -0.2) is 31.8 Å². The van der Waals surface area contributed by atoms with E-state index in [-0.39, 0.29) is 5.91 Å². The fraction of sp³-hybridized carbons (Fsp3) is 0.176.